The van der Waals surface area contributed by atoms with E-state index in [1.807, 2.05) is 48.5 Å². The summed E-state index contributed by atoms with van der Waals surface area (Å²) in [7, 11) is -1.06. The van der Waals surface area contributed by atoms with Gasteiger partial charge in [0.15, 0.2) is 0 Å². The fourth-order valence-electron chi connectivity index (χ4n) is 6.18. The molecule has 2 aliphatic rings. The molecule has 1 aliphatic heterocycles. The monoisotopic (exact) mass is 627 g/mol. The van der Waals surface area contributed by atoms with Crippen molar-refractivity contribution in [2.24, 2.45) is 0 Å². The van der Waals surface area contributed by atoms with Crippen molar-refractivity contribution < 1.29 is 32.1 Å². The maximum absolute atomic E-state index is 12.9. The van der Waals surface area contributed by atoms with Crippen LogP contribution in [-0.2, 0) is 27.4 Å². The Morgan fingerprint density at radius 3 is 2.36 bits per heavy atom. The van der Waals surface area contributed by atoms with Crippen LogP contribution in [0.2, 0.25) is 0 Å². The summed E-state index contributed by atoms with van der Waals surface area (Å²) in [5.41, 5.74) is 0.871. The molecule has 3 N–H and O–H groups in total. The number of carbonyl (C=O) groups is 2. The lowest BCUT2D eigenvalue weighted by Crippen LogP contribution is -2.45. The Bertz CT molecular complexity index is 1520. The van der Waals surface area contributed by atoms with Crippen molar-refractivity contribution in [2.45, 2.75) is 60.9 Å². The molecule has 2 fully saturated rings. The van der Waals surface area contributed by atoms with Gasteiger partial charge >= 0.3 is 6.18 Å². The van der Waals surface area contributed by atoms with Crippen molar-refractivity contribution in [3.8, 4) is 11.1 Å². The maximum atomic E-state index is 12.9. The standard InChI is InChI=1S/C33H36F3N3O4S/c1-44(43)29-7-3-4-23(19-29)22-8-10-25(11-9-22)32(42)15-12-28(13-16-32)39-17-14-27(21-39)38-30(40)20-37-31(41)24-5-2-6-26(18-24)33(34,35)36/h2-11,18-19,27-28,42H,12-17,20-21H2,1H3,(H,37,41)(H,38,40)/t27-,28?,32?,44?/m1/s1. The van der Waals surface area contributed by atoms with E-state index in [1.165, 1.54) is 6.07 Å². The number of alkyl halides is 3. The van der Waals surface area contributed by atoms with E-state index in [-0.39, 0.29) is 24.2 Å². The molecular formula is C33H36F3N3O4S. The normalized spacial score (nSPS) is 23.2. The second-order valence-electron chi connectivity index (χ2n) is 11.6. The van der Waals surface area contributed by atoms with E-state index in [2.05, 4.69) is 15.5 Å². The number of amides is 2. The van der Waals surface area contributed by atoms with Gasteiger partial charge in [-0.15, -0.1) is 0 Å². The van der Waals surface area contributed by atoms with Crippen LogP contribution in [0.1, 0.15) is 53.6 Å². The van der Waals surface area contributed by atoms with Crippen LogP contribution in [0.15, 0.2) is 77.7 Å². The van der Waals surface area contributed by atoms with Crippen LogP contribution in [0.3, 0.4) is 0 Å². The van der Waals surface area contributed by atoms with Gasteiger partial charge in [-0.05, 0) is 79.1 Å². The third-order valence-corrected chi connectivity index (χ3v) is 9.58. The second-order valence-corrected chi connectivity index (χ2v) is 13.0. The highest BCUT2D eigenvalue weighted by molar-refractivity contribution is 7.84. The first kappa shape index (κ1) is 31.9. The van der Waals surface area contributed by atoms with Crippen LogP contribution in [0.4, 0.5) is 13.2 Å². The van der Waals surface area contributed by atoms with Crippen LogP contribution in [0, 0.1) is 0 Å². The molecule has 1 saturated carbocycles. The summed E-state index contributed by atoms with van der Waals surface area (Å²) in [6, 6.07) is 19.9. The van der Waals surface area contributed by atoms with Crippen LogP contribution < -0.4 is 10.6 Å². The number of aliphatic hydroxyl groups is 1. The molecule has 0 spiro atoms. The van der Waals surface area contributed by atoms with Crippen LogP contribution >= 0.6 is 0 Å². The summed E-state index contributed by atoms with van der Waals surface area (Å²) < 4.78 is 50.7. The second kappa shape index (κ2) is 13.2. The SMILES string of the molecule is CS(=O)c1cccc(-c2ccc(C3(O)CCC(N4CC[C@@H](NC(=O)CNC(=O)c5cccc(C(F)(F)F)c5)C4)CC3)cc2)c1. The van der Waals surface area contributed by atoms with Gasteiger partial charge in [-0.2, -0.15) is 13.2 Å². The number of benzene rings is 3. The number of hydrogen-bond donors (Lipinski definition) is 3. The highest BCUT2D eigenvalue weighted by atomic mass is 32.2. The Kier molecular flexibility index (Phi) is 9.57. The van der Waals surface area contributed by atoms with Gasteiger partial charge in [-0.3, -0.25) is 18.7 Å². The van der Waals surface area contributed by atoms with E-state index in [0.717, 1.165) is 65.6 Å². The van der Waals surface area contributed by atoms with E-state index in [1.54, 1.807) is 6.26 Å². The number of rotatable bonds is 8. The minimum Gasteiger partial charge on any atom is -0.385 e. The molecule has 5 rings (SSSR count). The van der Waals surface area contributed by atoms with Crippen molar-refractivity contribution in [3.05, 3.63) is 89.5 Å². The molecular weight excluding hydrogens is 591 g/mol. The van der Waals surface area contributed by atoms with Crippen molar-refractivity contribution in [2.75, 3.05) is 25.9 Å². The van der Waals surface area contributed by atoms with Gasteiger partial charge in [-0.1, -0.05) is 42.5 Å². The van der Waals surface area contributed by atoms with Crippen LogP contribution in [0.5, 0.6) is 0 Å². The fourth-order valence-corrected chi connectivity index (χ4v) is 6.74. The van der Waals surface area contributed by atoms with Gasteiger partial charge in [0.05, 0.1) is 17.7 Å². The molecule has 11 heteroatoms. The topological polar surface area (TPSA) is 98.7 Å². The molecule has 3 aromatic rings. The largest absolute Gasteiger partial charge is 0.416 e. The average molecular weight is 628 g/mol. The van der Waals surface area contributed by atoms with Gasteiger partial charge in [0, 0.05) is 52.7 Å². The predicted octanol–water partition coefficient (Wildman–Crippen LogP) is 4.86. The molecule has 3 aromatic carbocycles. The van der Waals surface area contributed by atoms with Gasteiger partial charge in [0.25, 0.3) is 5.91 Å². The molecule has 1 unspecified atom stereocenters. The zero-order valence-electron chi connectivity index (χ0n) is 24.4. The summed E-state index contributed by atoms with van der Waals surface area (Å²) in [6.45, 7) is 1.14. The molecule has 0 bridgehead atoms. The highest BCUT2D eigenvalue weighted by Crippen LogP contribution is 2.40. The number of nitrogens with zero attached hydrogens (tertiary/aromatic N) is 1. The molecule has 44 heavy (non-hydrogen) atoms. The molecule has 2 atom stereocenters. The highest BCUT2D eigenvalue weighted by Gasteiger charge is 2.38. The predicted molar refractivity (Wildman–Crippen MR) is 162 cm³/mol. The van der Waals surface area contributed by atoms with Crippen molar-refractivity contribution in [3.63, 3.8) is 0 Å². The molecule has 2 amide bonds. The number of hydrogen-bond acceptors (Lipinski definition) is 5. The zero-order valence-corrected chi connectivity index (χ0v) is 25.2. The first-order valence-electron chi connectivity index (χ1n) is 14.7. The Morgan fingerprint density at radius 1 is 0.977 bits per heavy atom. The van der Waals surface area contributed by atoms with E-state index in [0.29, 0.717) is 19.4 Å². The number of carbonyl (C=O) groups excluding carboxylic acids is 2. The zero-order chi connectivity index (χ0) is 31.5. The quantitative estimate of drug-likeness (QED) is 0.332. The molecule has 1 aliphatic carbocycles. The van der Waals surface area contributed by atoms with E-state index >= 15 is 0 Å². The lowest BCUT2D eigenvalue weighted by molar-refractivity contribution is -0.137. The number of nitrogens with one attached hydrogen (secondary N) is 2. The molecule has 7 nitrogen and oxygen atoms in total. The average Bonchev–Trinajstić information content (AvgIpc) is 3.48. The minimum absolute atomic E-state index is 0.0926. The van der Waals surface area contributed by atoms with E-state index < -0.39 is 40.0 Å². The van der Waals surface area contributed by atoms with Gasteiger partial charge in [0.1, 0.15) is 0 Å². The van der Waals surface area contributed by atoms with Crippen molar-refractivity contribution in [1.82, 2.24) is 15.5 Å². The molecule has 1 heterocycles. The first-order chi connectivity index (χ1) is 20.9. The van der Waals surface area contributed by atoms with E-state index in [4.69, 9.17) is 0 Å². The summed E-state index contributed by atoms with van der Waals surface area (Å²) in [6.07, 6.45) is 0.726. The third-order valence-electron chi connectivity index (χ3n) is 8.67. The number of halogens is 3. The first-order valence-corrected chi connectivity index (χ1v) is 16.2. The van der Waals surface area contributed by atoms with Gasteiger partial charge in [-0.25, -0.2) is 0 Å². The Hall–Kier alpha value is -3.54. The molecule has 234 valence electrons. The Morgan fingerprint density at radius 2 is 1.68 bits per heavy atom. The Balaban J connectivity index is 1.08. The maximum Gasteiger partial charge on any atom is 0.416 e. The summed E-state index contributed by atoms with van der Waals surface area (Å²) >= 11 is 0. The minimum atomic E-state index is -4.56. The van der Waals surface area contributed by atoms with Crippen molar-refractivity contribution in [1.29, 1.82) is 0 Å². The lowest BCUT2D eigenvalue weighted by Gasteiger charge is -2.40. The van der Waals surface area contributed by atoms with Crippen LogP contribution in [0.25, 0.3) is 11.1 Å². The summed E-state index contributed by atoms with van der Waals surface area (Å²) in [5.74, 6) is -1.14. The Labute approximate surface area is 257 Å². The summed E-state index contributed by atoms with van der Waals surface area (Å²) in [5, 5.41) is 16.8. The molecule has 0 radical (unpaired) electrons. The molecule has 0 aromatic heterocycles. The summed E-state index contributed by atoms with van der Waals surface area (Å²) in [4.78, 5) is 27.9. The van der Waals surface area contributed by atoms with Crippen molar-refractivity contribution >= 4 is 22.6 Å². The molecule has 1 saturated heterocycles. The van der Waals surface area contributed by atoms with Gasteiger partial charge < -0.3 is 15.7 Å². The third kappa shape index (κ3) is 7.57. The van der Waals surface area contributed by atoms with Gasteiger partial charge in [0.2, 0.25) is 5.91 Å². The fraction of sp³-hybridized carbons (Fsp3) is 0.394. The smallest absolute Gasteiger partial charge is 0.385 e. The van der Waals surface area contributed by atoms with Crippen LogP contribution in [-0.4, -0.2) is 64.0 Å². The van der Waals surface area contributed by atoms with E-state index in [9.17, 15) is 32.1 Å². The number of likely N-dealkylation sites (tertiary alicyclic amines) is 1. The lowest BCUT2D eigenvalue weighted by atomic mass is 9.77.